The van der Waals surface area contributed by atoms with Gasteiger partial charge in [0, 0.05) is 45.0 Å². The molecule has 1 saturated heterocycles. The maximum Gasteiger partial charge on any atom is 0.193 e. The molecule has 1 aromatic carbocycles. The minimum atomic E-state index is 0.522. The SMILES string of the molecule is CC(CN=C(N)Nc1ccc2c(c1)CCC2)CN1CCN(C)CC1. The van der Waals surface area contributed by atoms with Gasteiger partial charge in [-0.25, -0.2) is 0 Å². The number of piperazine rings is 1. The van der Waals surface area contributed by atoms with Gasteiger partial charge in [-0.05, 0) is 55.5 Å². The number of benzene rings is 1. The third-order valence-electron chi connectivity index (χ3n) is 5.11. The molecule has 0 saturated carbocycles. The van der Waals surface area contributed by atoms with Gasteiger partial charge < -0.3 is 20.9 Å². The van der Waals surface area contributed by atoms with Crippen LogP contribution in [0.1, 0.15) is 24.5 Å². The second kappa shape index (κ2) is 7.99. The summed E-state index contributed by atoms with van der Waals surface area (Å²) in [6.07, 6.45) is 3.67. The summed E-state index contributed by atoms with van der Waals surface area (Å²) in [5.41, 5.74) is 10.1. The quantitative estimate of drug-likeness (QED) is 0.639. The van der Waals surface area contributed by atoms with Crippen molar-refractivity contribution in [2.75, 3.05) is 51.6 Å². The number of nitrogens with zero attached hydrogens (tertiary/aromatic N) is 3. The van der Waals surface area contributed by atoms with Gasteiger partial charge in [0.15, 0.2) is 5.96 Å². The number of aliphatic imine (C=N–C) groups is 1. The Balaban J connectivity index is 1.45. The lowest BCUT2D eigenvalue weighted by Gasteiger charge is -2.33. The van der Waals surface area contributed by atoms with E-state index in [4.69, 9.17) is 5.73 Å². The lowest BCUT2D eigenvalue weighted by Crippen LogP contribution is -2.46. The number of hydrogen-bond donors (Lipinski definition) is 2. The maximum absolute atomic E-state index is 6.07. The monoisotopic (exact) mass is 329 g/mol. The average molecular weight is 329 g/mol. The van der Waals surface area contributed by atoms with Gasteiger partial charge in [-0.15, -0.1) is 0 Å². The maximum atomic E-state index is 6.07. The zero-order chi connectivity index (χ0) is 16.9. The molecule has 1 aromatic rings. The zero-order valence-corrected chi connectivity index (χ0v) is 15.1. The molecule has 0 bridgehead atoms. The van der Waals surface area contributed by atoms with Crippen LogP contribution in [0.4, 0.5) is 5.69 Å². The van der Waals surface area contributed by atoms with Crippen molar-refractivity contribution >= 4 is 11.6 Å². The summed E-state index contributed by atoms with van der Waals surface area (Å²) in [7, 11) is 2.19. The largest absolute Gasteiger partial charge is 0.370 e. The standard InChI is InChI=1S/C19H31N5/c1-15(14-24-10-8-23(2)9-11-24)13-21-19(20)22-18-7-6-16-4-3-5-17(16)12-18/h6-7,12,15H,3-5,8-11,13-14H2,1-2H3,(H3,20,21,22). The summed E-state index contributed by atoms with van der Waals surface area (Å²) in [5.74, 6) is 1.05. The normalized spacial score (nSPS) is 20.8. The minimum Gasteiger partial charge on any atom is -0.370 e. The predicted molar refractivity (Wildman–Crippen MR) is 102 cm³/mol. The summed E-state index contributed by atoms with van der Waals surface area (Å²) in [4.78, 5) is 9.46. The molecule has 3 rings (SSSR count). The third kappa shape index (κ3) is 4.71. The van der Waals surface area contributed by atoms with Crippen LogP contribution in [0.25, 0.3) is 0 Å². The molecule has 24 heavy (non-hydrogen) atoms. The number of rotatable bonds is 5. The topological polar surface area (TPSA) is 56.9 Å². The number of fused-ring (bicyclic) bond motifs is 1. The van der Waals surface area contributed by atoms with E-state index in [1.807, 2.05) is 0 Å². The number of likely N-dealkylation sites (N-methyl/N-ethyl adjacent to an activating group) is 1. The molecule has 1 heterocycles. The third-order valence-corrected chi connectivity index (χ3v) is 5.11. The smallest absolute Gasteiger partial charge is 0.193 e. The molecular weight excluding hydrogens is 298 g/mol. The molecule has 0 radical (unpaired) electrons. The number of anilines is 1. The Kier molecular flexibility index (Phi) is 5.74. The van der Waals surface area contributed by atoms with Crippen molar-refractivity contribution in [3.63, 3.8) is 0 Å². The summed E-state index contributed by atoms with van der Waals surface area (Å²) >= 11 is 0. The first kappa shape index (κ1) is 17.2. The van der Waals surface area contributed by atoms with E-state index in [2.05, 4.69) is 52.3 Å². The molecule has 1 fully saturated rings. The summed E-state index contributed by atoms with van der Waals surface area (Å²) in [6, 6.07) is 6.55. The van der Waals surface area contributed by atoms with E-state index in [9.17, 15) is 0 Å². The van der Waals surface area contributed by atoms with Crippen molar-refractivity contribution < 1.29 is 0 Å². The van der Waals surface area contributed by atoms with Crippen LogP contribution in [-0.4, -0.2) is 62.1 Å². The van der Waals surface area contributed by atoms with Crippen molar-refractivity contribution in [2.24, 2.45) is 16.6 Å². The van der Waals surface area contributed by atoms with Gasteiger partial charge in [-0.1, -0.05) is 13.0 Å². The highest BCUT2D eigenvalue weighted by Gasteiger charge is 2.16. The van der Waals surface area contributed by atoms with E-state index in [0.29, 0.717) is 11.9 Å². The first-order chi connectivity index (χ1) is 11.6. The minimum absolute atomic E-state index is 0.522. The van der Waals surface area contributed by atoms with E-state index in [1.165, 1.54) is 30.4 Å². The number of nitrogens with two attached hydrogens (primary N) is 1. The fourth-order valence-electron chi connectivity index (χ4n) is 3.62. The van der Waals surface area contributed by atoms with Crippen molar-refractivity contribution in [2.45, 2.75) is 26.2 Å². The lowest BCUT2D eigenvalue weighted by molar-refractivity contribution is 0.140. The van der Waals surface area contributed by atoms with Gasteiger partial charge in [0.1, 0.15) is 0 Å². The fraction of sp³-hybridized carbons (Fsp3) is 0.632. The Hall–Kier alpha value is -1.59. The fourth-order valence-corrected chi connectivity index (χ4v) is 3.62. The summed E-state index contributed by atoms with van der Waals surface area (Å²) < 4.78 is 0. The van der Waals surface area contributed by atoms with E-state index in [-0.39, 0.29) is 0 Å². The number of aryl methyl sites for hydroxylation is 2. The van der Waals surface area contributed by atoms with Gasteiger partial charge >= 0.3 is 0 Å². The molecule has 5 nitrogen and oxygen atoms in total. The van der Waals surface area contributed by atoms with Gasteiger partial charge in [0.05, 0.1) is 0 Å². The van der Waals surface area contributed by atoms with Gasteiger partial charge in [0.2, 0.25) is 0 Å². The number of nitrogens with one attached hydrogen (secondary N) is 1. The molecular formula is C19H31N5. The van der Waals surface area contributed by atoms with E-state index in [0.717, 1.165) is 45.0 Å². The van der Waals surface area contributed by atoms with Gasteiger partial charge in [-0.2, -0.15) is 0 Å². The Labute approximate surface area is 145 Å². The molecule has 2 aliphatic rings. The molecule has 0 aromatic heterocycles. The highest BCUT2D eigenvalue weighted by Crippen LogP contribution is 2.24. The lowest BCUT2D eigenvalue weighted by atomic mass is 10.1. The summed E-state index contributed by atoms with van der Waals surface area (Å²) in [6.45, 7) is 8.78. The molecule has 132 valence electrons. The molecule has 0 spiro atoms. The van der Waals surface area contributed by atoms with Crippen molar-refractivity contribution in [3.05, 3.63) is 29.3 Å². The second-order valence-corrected chi connectivity index (χ2v) is 7.40. The summed E-state index contributed by atoms with van der Waals surface area (Å²) in [5, 5.41) is 3.24. The van der Waals surface area contributed by atoms with Crippen LogP contribution >= 0.6 is 0 Å². The van der Waals surface area contributed by atoms with E-state index < -0.39 is 0 Å². The van der Waals surface area contributed by atoms with Crippen LogP contribution < -0.4 is 11.1 Å². The molecule has 0 amide bonds. The van der Waals surface area contributed by atoms with Crippen molar-refractivity contribution in [3.8, 4) is 0 Å². The average Bonchev–Trinajstić information content (AvgIpc) is 3.03. The van der Waals surface area contributed by atoms with Crippen LogP contribution in [0.2, 0.25) is 0 Å². The van der Waals surface area contributed by atoms with Crippen molar-refractivity contribution in [1.82, 2.24) is 9.80 Å². The van der Waals surface area contributed by atoms with E-state index >= 15 is 0 Å². The van der Waals surface area contributed by atoms with Crippen LogP contribution in [0.3, 0.4) is 0 Å². The van der Waals surface area contributed by atoms with Crippen LogP contribution in [-0.2, 0) is 12.8 Å². The Morgan fingerprint density at radius 3 is 2.75 bits per heavy atom. The zero-order valence-electron chi connectivity index (χ0n) is 15.1. The highest BCUT2D eigenvalue weighted by atomic mass is 15.2. The molecule has 5 heteroatoms. The second-order valence-electron chi connectivity index (χ2n) is 7.40. The Morgan fingerprint density at radius 1 is 1.21 bits per heavy atom. The first-order valence-electron chi connectivity index (χ1n) is 9.20. The van der Waals surface area contributed by atoms with Crippen LogP contribution in [0, 0.1) is 5.92 Å². The van der Waals surface area contributed by atoms with Crippen LogP contribution in [0.5, 0.6) is 0 Å². The highest BCUT2D eigenvalue weighted by molar-refractivity contribution is 5.92. The molecule has 3 N–H and O–H groups in total. The van der Waals surface area contributed by atoms with Gasteiger partial charge in [-0.3, -0.25) is 4.99 Å². The van der Waals surface area contributed by atoms with Gasteiger partial charge in [0.25, 0.3) is 0 Å². The molecule has 1 aliphatic heterocycles. The predicted octanol–water partition coefficient (Wildman–Crippen LogP) is 1.79. The number of guanidine groups is 1. The van der Waals surface area contributed by atoms with Crippen molar-refractivity contribution in [1.29, 1.82) is 0 Å². The molecule has 1 atom stereocenters. The number of hydrogen-bond acceptors (Lipinski definition) is 3. The first-order valence-corrected chi connectivity index (χ1v) is 9.20. The van der Waals surface area contributed by atoms with Crippen LogP contribution in [0.15, 0.2) is 23.2 Å². The Morgan fingerprint density at radius 2 is 1.96 bits per heavy atom. The molecule has 1 aliphatic carbocycles. The van der Waals surface area contributed by atoms with E-state index in [1.54, 1.807) is 0 Å². The molecule has 1 unspecified atom stereocenters. The Bertz CT molecular complexity index is 575.